The number of benzene rings is 2. The first-order chi connectivity index (χ1) is 14.1. The Labute approximate surface area is 171 Å². The van der Waals surface area contributed by atoms with Gasteiger partial charge in [0.05, 0.1) is 6.04 Å². The Morgan fingerprint density at radius 3 is 2.59 bits per heavy atom. The van der Waals surface area contributed by atoms with E-state index in [9.17, 15) is 9.59 Å². The van der Waals surface area contributed by atoms with Crippen LogP contribution in [0.1, 0.15) is 55.1 Å². The summed E-state index contributed by atoms with van der Waals surface area (Å²) in [7, 11) is 0. The average molecular weight is 396 g/mol. The molecule has 1 heterocycles. The predicted octanol–water partition coefficient (Wildman–Crippen LogP) is 3.93. The molecule has 0 spiro atoms. The second kappa shape index (κ2) is 9.96. The standard InChI is InChI=1S/C23H28N2O4/c1-3-4-13-25(23(27)19-10-11-20-21(15-19)29-16-28-20)14-12-22(26)24-17(2)18-8-6-5-7-9-18/h5-11,15,17H,3-4,12-14,16H2,1-2H3,(H,24,26). The van der Waals surface area contributed by atoms with E-state index in [0.717, 1.165) is 18.4 Å². The van der Waals surface area contributed by atoms with Crippen molar-refractivity contribution in [3.63, 3.8) is 0 Å². The highest BCUT2D eigenvalue weighted by molar-refractivity contribution is 5.95. The zero-order valence-electron chi connectivity index (χ0n) is 17.0. The fraction of sp³-hybridized carbons (Fsp3) is 0.391. The van der Waals surface area contributed by atoms with E-state index in [-0.39, 0.29) is 31.1 Å². The summed E-state index contributed by atoms with van der Waals surface area (Å²) in [6.45, 7) is 5.20. The molecule has 1 N–H and O–H groups in total. The molecule has 0 aromatic heterocycles. The Bertz CT molecular complexity index is 838. The molecule has 29 heavy (non-hydrogen) atoms. The van der Waals surface area contributed by atoms with Crippen molar-refractivity contribution in [1.29, 1.82) is 0 Å². The van der Waals surface area contributed by atoms with Gasteiger partial charge in [-0.2, -0.15) is 0 Å². The molecule has 3 rings (SSSR count). The van der Waals surface area contributed by atoms with Gasteiger partial charge in [-0.3, -0.25) is 9.59 Å². The zero-order valence-corrected chi connectivity index (χ0v) is 17.0. The molecular weight excluding hydrogens is 368 g/mol. The van der Waals surface area contributed by atoms with E-state index in [1.165, 1.54) is 0 Å². The zero-order chi connectivity index (χ0) is 20.6. The molecular formula is C23H28N2O4. The molecule has 0 saturated carbocycles. The van der Waals surface area contributed by atoms with Crippen molar-refractivity contribution in [2.45, 2.75) is 39.2 Å². The number of hydrogen-bond acceptors (Lipinski definition) is 4. The SMILES string of the molecule is CCCCN(CCC(=O)NC(C)c1ccccc1)C(=O)c1ccc2c(c1)OCO2. The van der Waals surface area contributed by atoms with Gasteiger partial charge in [-0.1, -0.05) is 43.7 Å². The molecule has 0 radical (unpaired) electrons. The quantitative estimate of drug-likeness (QED) is 0.697. The summed E-state index contributed by atoms with van der Waals surface area (Å²) in [5, 5.41) is 3.01. The van der Waals surface area contributed by atoms with Gasteiger partial charge in [-0.05, 0) is 37.1 Å². The van der Waals surface area contributed by atoms with Gasteiger partial charge in [0.15, 0.2) is 11.5 Å². The van der Waals surface area contributed by atoms with Crippen molar-refractivity contribution in [3.05, 3.63) is 59.7 Å². The first-order valence-electron chi connectivity index (χ1n) is 10.1. The van der Waals surface area contributed by atoms with Gasteiger partial charge in [0, 0.05) is 25.1 Å². The Morgan fingerprint density at radius 1 is 1.07 bits per heavy atom. The summed E-state index contributed by atoms with van der Waals surface area (Å²) in [4.78, 5) is 27.2. The minimum atomic E-state index is -0.0966. The molecule has 2 amide bonds. The Hall–Kier alpha value is -3.02. The second-order valence-electron chi connectivity index (χ2n) is 7.16. The number of nitrogens with one attached hydrogen (secondary N) is 1. The van der Waals surface area contributed by atoms with Crippen LogP contribution in [0.2, 0.25) is 0 Å². The Kier molecular flexibility index (Phi) is 7.11. The third-order valence-corrected chi connectivity index (χ3v) is 4.97. The number of nitrogens with zero attached hydrogens (tertiary/aromatic N) is 1. The van der Waals surface area contributed by atoms with Gasteiger partial charge in [0.25, 0.3) is 5.91 Å². The highest BCUT2D eigenvalue weighted by Crippen LogP contribution is 2.32. The fourth-order valence-electron chi connectivity index (χ4n) is 3.25. The fourth-order valence-corrected chi connectivity index (χ4v) is 3.25. The van der Waals surface area contributed by atoms with E-state index in [1.807, 2.05) is 37.3 Å². The largest absolute Gasteiger partial charge is 0.454 e. The lowest BCUT2D eigenvalue weighted by atomic mass is 10.1. The van der Waals surface area contributed by atoms with Crippen LogP contribution in [0.3, 0.4) is 0 Å². The van der Waals surface area contributed by atoms with Crippen molar-refractivity contribution in [3.8, 4) is 11.5 Å². The number of amides is 2. The topological polar surface area (TPSA) is 67.9 Å². The number of rotatable bonds is 9. The summed E-state index contributed by atoms with van der Waals surface area (Å²) in [6.07, 6.45) is 2.12. The van der Waals surface area contributed by atoms with Gasteiger partial charge in [0.2, 0.25) is 12.7 Å². The molecule has 2 aromatic carbocycles. The predicted molar refractivity (Wildman–Crippen MR) is 111 cm³/mol. The van der Waals surface area contributed by atoms with Gasteiger partial charge >= 0.3 is 0 Å². The van der Waals surface area contributed by atoms with Crippen LogP contribution in [0.4, 0.5) is 0 Å². The van der Waals surface area contributed by atoms with E-state index in [1.54, 1.807) is 23.1 Å². The van der Waals surface area contributed by atoms with Crippen molar-refractivity contribution >= 4 is 11.8 Å². The number of fused-ring (bicyclic) bond motifs is 1. The molecule has 6 heteroatoms. The number of hydrogen-bond donors (Lipinski definition) is 1. The van der Waals surface area contributed by atoms with E-state index in [0.29, 0.717) is 30.2 Å². The molecule has 1 atom stereocenters. The number of carbonyl (C=O) groups excluding carboxylic acids is 2. The van der Waals surface area contributed by atoms with Crippen LogP contribution in [0.5, 0.6) is 11.5 Å². The molecule has 6 nitrogen and oxygen atoms in total. The first kappa shape index (κ1) is 20.7. The summed E-state index contributed by atoms with van der Waals surface area (Å²) >= 11 is 0. The molecule has 2 aromatic rings. The van der Waals surface area contributed by atoms with Crippen molar-refractivity contribution in [2.75, 3.05) is 19.9 Å². The van der Waals surface area contributed by atoms with E-state index >= 15 is 0 Å². The van der Waals surface area contributed by atoms with Crippen LogP contribution in [-0.2, 0) is 4.79 Å². The van der Waals surface area contributed by atoms with Crippen LogP contribution in [0, 0.1) is 0 Å². The number of unbranched alkanes of at least 4 members (excludes halogenated alkanes) is 1. The lowest BCUT2D eigenvalue weighted by molar-refractivity contribution is -0.121. The molecule has 1 unspecified atom stereocenters. The van der Waals surface area contributed by atoms with Crippen molar-refractivity contribution < 1.29 is 19.1 Å². The third-order valence-electron chi connectivity index (χ3n) is 4.97. The molecule has 0 bridgehead atoms. The number of carbonyl (C=O) groups is 2. The third kappa shape index (κ3) is 5.50. The van der Waals surface area contributed by atoms with Crippen LogP contribution in [0.25, 0.3) is 0 Å². The monoisotopic (exact) mass is 396 g/mol. The van der Waals surface area contributed by atoms with Crippen LogP contribution in [0.15, 0.2) is 48.5 Å². The Morgan fingerprint density at radius 2 is 1.83 bits per heavy atom. The van der Waals surface area contributed by atoms with E-state index in [4.69, 9.17) is 9.47 Å². The summed E-state index contributed by atoms with van der Waals surface area (Å²) in [6, 6.07) is 15.0. The molecule has 0 fully saturated rings. The van der Waals surface area contributed by atoms with Crippen LogP contribution >= 0.6 is 0 Å². The van der Waals surface area contributed by atoms with Crippen LogP contribution in [-0.4, -0.2) is 36.6 Å². The molecule has 1 aliphatic rings. The van der Waals surface area contributed by atoms with E-state index in [2.05, 4.69) is 12.2 Å². The summed E-state index contributed by atoms with van der Waals surface area (Å²) in [5.74, 6) is 1.07. The maximum absolute atomic E-state index is 13.0. The van der Waals surface area contributed by atoms with Gasteiger partial charge in [-0.15, -0.1) is 0 Å². The van der Waals surface area contributed by atoms with E-state index < -0.39 is 0 Å². The van der Waals surface area contributed by atoms with Gasteiger partial charge < -0.3 is 19.7 Å². The smallest absolute Gasteiger partial charge is 0.254 e. The highest BCUT2D eigenvalue weighted by Gasteiger charge is 2.21. The normalized spacial score (nSPS) is 13.0. The maximum atomic E-state index is 13.0. The van der Waals surface area contributed by atoms with Crippen LogP contribution < -0.4 is 14.8 Å². The molecule has 1 aliphatic heterocycles. The lowest BCUT2D eigenvalue weighted by Crippen LogP contribution is -2.36. The van der Waals surface area contributed by atoms with Gasteiger partial charge in [0.1, 0.15) is 0 Å². The summed E-state index contributed by atoms with van der Waals surface area (Å²) < 4.78 is 10.7. The molecule has 0 aliphatic carbocycles. The summed E-state index contributed by atoms with van der Waals surface area (Å²) in [5.41, 5.74) is 1.60. The Balaban J connectivity index is 1.59. The lowest BCUT2D eigenvalue weighted by Gasteiger charge is -2.23. The number of ether oxygens (including phenoxy) is 2. The van der Waals surface area contributed by atoms with Crippen molar-refractivity contribution in [1.82, 2.24) is 10.2 Å². The first-order valence-corrected chi connectivity index (χ1v) is 10.1. The maximum Gasteiger partial charge on any atom is 0.254 e. The van der Waals surface area contributed by atoms with Gasteiger partial charge in [-0.25, -0.2) is 0 Å². The average Bonchev–Trinajstić information content (AvgIpc) is 3.22. The minimum absolute atomic E-state index is 0.0682. The molecule has 154 valence electrons. The van der Waals surface area contributed by atoms with Crippen molar-refractivity contribution in [2.24, 2.45) is 0 Å². The minimum Gasteiger partial charge on any atom is -0.454 e. The second-order valence-corrected chi connectivity index (χ2v) is 7.16. The molecule has 0 saturated heterocycles. The highest BCUT2D eigenvalue weighted by atomic mass is 16.7.